The quantitative estimate of drug-likeness (QED) is 0.551. The Kier molecular flexibility index (Phi) is 6.94. The molecule has 0 radical (unpaired) electrons. The zero-order valence-corrected chi connectivity index (χ0v) is 16.4. The van der Waals surface area contributed by atoms with Crippen LogP contribution in [0.4, 0.5) is 0 Å². The number of rotatable bonds is 6. The maximum Gasteiger partial charge on any atom is 0.331 e. The lowest BCUT2D eigenvalue weighted by atomic mass is 10.0. The number of carbonyl (C=O) groups excluding carboxylic acids is 3. The average Bonchev–Trinajstić information content (AvgIpc) is 2.76. The van der Waals surface area contributed by atoms with Crippen LogP contribution in [0.25, 0.3) is 17.0 Å². The third-order valence-electron chi connectivity index (χ3n) is 4.78. The monoisotopic (exact) mass is 396 g/mol. The fraction of sp³-hybridized carbons (Fsp3) is 0.364. The highest BCUT2D eigenvalue weighted by Crippen LogP contribution is 2.19. The van der Waals surface area contributed by atoms with Gasteiger partial charge in [-0.25, -0.2) is 9.59 Å². The number of piperidine rings is 1. The number of pyridine rings is 1. The van der Waals surface area contributed by atoms with Crippen molar-refractivity contribution in [1.82, 2.24) is 9.88 Å². The molecule has 0 spiro atoms. The molecule has 2 aromatic rings. The average molecular weight is 396 g/mol. The van der Waals surface area contributed by atoms with Gasteiger partial charge >= 0.3 is 11.9 Å². The summed E-state index contributed by atoms with van der Waals surface area (Å²) in [6.45, 7) is 2.04. The lowest BCUT2D eigenvalue weighted by molar-refractivity contribution is -0.159. The number of fused-ring (bicyclic) bond motifs is 1. The van der Waals surface area contributed by atoms with Gasteiger partial charge in [0.25, 0.3) is 5.91 Å². The van der Waals surface area contributed by atoms with Crippen LogP contribution in [0.1, 0.15) is 31.7 Å². The molecule has 0 aliphatic carbocycles. The molecule has 0 N–H and O–H groups in total. The van der Waals surface area contributed by atoms with Gasteiger partial charge in [0.1, 0.15) is 6.04 Å². The van der Waals surface area contributed by atoms with E-state index in [1.165, 1.54) is 11.0 Å². The smallest absolute Gasteiger partial charge is 0.331 e. The molecule has 1 aromatic carbocycles. The number of hydrogen-bond acceptors (Lipinski definition) is 6. The summed E-state index contributed by atoms with van der Waals surface area (Å²) in [6, 6.07) is 8.85. The first-order chi connectivity index (χ1) is 14.1. The largest absolute Gasteiger partial charge is 0.464 e. The van der Waals surface area contributed by atoms with Crippen molar-refractivity contribution in [2.24, 2.45) is 0 Å². The van der Waals surface area contributed by atoms with Crippen LogP contribution >= 0.6 is 0 Å². The van der Waals surface area contributed by atoms with Crippen molar-refractivity contribution < 1.29 is 23.9 Å². The van der Waals surface area contributed by atoms with Crippen LogP contribution in [-0.4, -0.2) is 53.5 Å². The molecule has 1 atom stereocenters. The second-order valence-electron chi connectivity index (χ2n) is 6.71. The van der Waals surface area contributed by atoms with Gasteiger partial charge in [0.05, 0.1) is 12.1 Å². The van der Waals surface area contributed by atoms with Crippen LogP contribution in [0.5, 0.6) is 0 Å². The molecule has 3 rings (SSSR count). The third kappa shape index (κ3) is 5.19. The zero-order chi connectivity index (χ0) is 20.6. The number of amides is 1. The first-order valence-corrected chi connectivity index (χ1v) is 9.75. The number of esters is 2. The number of ether oxygens (including phenoxy) is 2. The normalized spacial score (nSPS) is 16.7. The Labute approximate surface area is 169 Å². The van der Waals surface area contributed by atoms with E-state index in [9.17, 15) is 14.4 Å². The van der Waals surface area contributed by atoms with Crippen molar-refractivity contribution in [3.63, 3.8) is 0 Å². The molecule has 0 saturated carbocycles. The van der Waals surface area contributed by atoms with E-state index in [0.717, 1.165) is 29.3 Å². The Morgan fingerprint density at radius 3 is 2.83 bits per heavy atom. The van der Waals surface area contributed by atoms with E-state index < -0.39 is 30.5 Å². The number of likely N-dealkylation sites (tertiary alicyclic amines) is 1. The summed E-state index contributed by atoms with van der Waals surface area (Å²) in [5.74, 6) is -1.43. The number of para-hydroxylation sites is 1. The second-order valence-corrected chi connectivity index (χ2v) is 6.71. The Hall–Kier alpha value is -3.22. The number of hydrogen-bond donors (Lipinski definition) is 0. The minimum atomic E-state index is -0.629. The van der Waals surface area contributed by atoms with Crippen molar-refractivity contribution in [1.29, 1.82) is 0 Å². The summed E-state index contributed by atoms with van der Waals surface area (Å²) in [5, 5.41) is 0.966. The summed E-state index contributed by atoms with van der Waals surface area (Å²) in [4.78, 5) is 42.4. The SMILES string of the molecule is CCOC(=O)C1CCCCN1C(=O)COC(=O)/C=C/c1cccc2cccnc12. The van der Waals surface area contributed by atoms with Gasteiger partial charge in [-0.05, 0) is 38.3 Å². The lowest BCUT2D eigenvalue weighted by Gasteiger charge is -2.33. The van der Waals surface area contributed by atoms with Crippen LogP contribution in [-0.2, 0) is 23.9 Å². The highest BCUT2D eigenvalue weighted by atomic mass is 16.5. The van der Waals surface area contributed by atoms with Crippen LogP contribution in [0, 0.1) is 0 Å². The van der Waals surface area contributed by atoms with Crippen LogP contribution in [0.2, 0.25) is 0 Å². The fourth-order valence-corrected chi connectivity index (χ4v) is 3.40. The number of nitrogens with zero attached hydrogens (tertiary/aromatic N) is 2. The Balaban J connectivity index is 1.58. The van der Waals surface area contributed by atoms with Crippen LogP contribution in [0.3, 0.4) is 0 Å². The van der Waals surface area contributed by atoms with E-state index in [2.05, 4.69) is 4.98 Å². The molecule has 1 fully saturated rings. The van der Waals surface area contributed by atoms with Crippen LogP contribution in [0.15, 0.2) is 42.6 Å². The molecule has 0 bridgehead atoms. The minimum absolute atomic E-state index is 0.264. The Bertz CT molecular complexity index is 919. The topological polar surface area (TPSA) is 85.8 Å². The van der Waals surface area contributed by atoms with E-state index in [1.807, 2.05) is 30.3 Å². The fourth-order valence-electron chi connectivity index (χ4n) is 3.40. The highest BCUT2D eigenvalue weighted by molar-refractivity contribution is 5.94. The molecule has 7 nitrogen and oxygen atoms in total. The van der Waals surface area contributed by atoms with Crippen molar-refractivity contribution >= 4 is 34.8 Å². The van der Waals surface area contributed by atoms with Gasteiger partial charge in [-0.2, -0.15) is 0 Å². The van der Waals surface area contributed by atoms with Crippen molar-refractivity contribution in [2.45, 2.75) is 32.2 Å². The molecule has 1 aromatic heterocycles. The van der Waals surface area contributed by atoms with Gasteiger partial charge in [0.2, 0.25) is 0 Å². The Morgan fingerprint density at radius 1 is 1.17 bits per heavy atom. The van der Waals surface area contributed by atoms with Gasteiger partial charge in [-0.15, -0.1) is 0 Å². The molecule has 1 amide bonds. The molecule has 7 heteroatoms. The summed E-state index contributed by atoms with van der Waals surface area (Å²) in [7, 11) is 0. The van der Waals surface area contributed by atoms with Gasteiger partial charge < -0.3 is 14.4 Å². The van der Waals surface area contributed by atoms with Crippen molar-refractivity contribution in [3.8, 4) is 0 Å². The summed E-state index contributed by atoms with van der Waals surface area (Å²) < 4.78 is 10.1. The zero-order valence-electron chi connectivity index (χ0n) is 16.4. The van der Waals surface area contributed by atoms with Gasteiger partial charge in [0, 0.05) is 29.8 Å². The molecule has 1 unspecified atom stereocenters. The number of aromatic nitrogens is 1. The molecule has 1 saturated heterocycles. The molecular weight excluding hydrogens is 372 g/mol. The molecule has 29 heavy (non-hydrogen) atoms. The van der Waals surface area contributed by atoms with Crippen molar-refractivity contribution in [3.05, 3.63) is 48.2 Å². The molecule has 1 aliphatic heterocycles. The van der Waals surface area contributed by atoms with E-state index in [1.54, 1.807) is 19.2 Å². The minimum Gasteiger partial charge on any atom is -0.464 e. The predicted octanol–water partition coefficient (Wildman–Crippen LogP) is 2.74. The van der Waals surface area contributed by atoms with Gasteiger partial charge in [-0.1, -0.05) is 24.3 Å². The summed E-state index contributed by atoms with van der Waals surface area (Å²) in [6.07, 6.45) is 6.81. The summed E-state index contributed by atoms with van der Waals surface area (Å²) in [5.41, 5.74) is 1.56. The molecule has 152 valence electrons. The molecule has 2 heterocycles. The lowest BCUT2D eigenvalue weighted by Crippen LogP contribution is -2.50. The number of carbonyl (C=O) groups is 3. The van der Waals surface area contributed by atoms with Gasteiger partial charge in [0.15, 0.2) is 6.61 Å². The van der Waals surface area contributed by atoms with E-state index >= 15 is 0 Å². The van der Waals surface area contributed by atoms with E-state index in [4.69, 9.17) is 9.47 Å². The predicted molar refractivity (Wildman–Crippen MR) is 108 cm³/mol. The van der Waals surface area contributed by atoms with E-state index in [-0.39, 0.29) is 6.61 Å². The first kappa shape index (κ1) is 20.5. The van der Waals surface area contributed by atoms with Crippen LogP contribution < -0.4 is 0 Å². The molecule has 1 aliphatic rings. The highest BCUT2D eigenvalue weighted by Gasteiger charge is 2.33. The maximum absolute atomic E-state index is 12.5. The summed E-state index contributed by atoms with van der Waals surface area (Å²) >= 11 is 0. The molecular formula is C22H24N2O5. The first-order valence-electron chi connectivity index (χ1n) is 9.75. The second kappa shape index (κ2) is 9.82. The van der Waals surface area contributed by atoms with Gasteiger partial charge in [-0.3, -0.25) is 9.78 Å². The third-order valence-corrected chi connectivity index (χ3v) is 4.78. The maximum atomic E-state index is 12.5. The number of benzene rings is 1. The van der Waals surface area contributed by atoms with E-state index in [0.29, 0.717) is 13.0 Å². The standard InChI is InChI=1S/C22H24N2O5/c1-2-28-22(27)18-10-3-4-14-24(18)19(25)15-29-20(26)12-11-17-8-5-7-16-9-6-13-23-21(16)17/h5-9,11-13,18H,2-4,10,14-15H2,1H3/b12-11+. The Morgan fingerprint density at radius 2 is 2.00 bits per heavy atom. The van der Waals surface area contributed by atoms with Crippen molar-refractivity contribution in [2.75, 3.05) is 19.8 Å².